The fraction of sp³-hybridized carbons (Fsp3) is 0.538. The van der Waals surface area contributed by atoms with Crippen molar-refractivity contribution in [3.8, 4) is 11.5 Å². The summed E-state index contributed by atoms with van der Waals surface area (Å²) in [6.07, 6.45) is 0.952. The van der Waals surface area contributed by atoms with Crippen molar-refractivity contribution < 1.29 is 9.84 Å². The second kappa shape index (κ2) is 6.33. The number of benzene rings is 1. The lowest BCUT2D eigenvalue weighted by Crippen LogP contribution is -2.26. The SMILES string of the molecule is CC.CCC(C)(C)Oc1ccc(O)cc1. The van der Waals surface area contributed by atoms with Crippen LogP contribution in [0.4, 0.5) is 0 Å². The molecular weight excluding hydrogens is 188 g/mol. The maximum atomic E-state index is 9.06. The number of hydrogen-bond acceptors (Lipinski definition) is 2. The monoisotopic (exact) mass is 210 g/mol. The average Bonchev–Trinajstić information content (AvgIpc) is 2.24. The Bertz CT molecular complexity index is 262. The highest BCUT2D eigenvalue weighted by molar-refractivity contribution is 5.30. The van der Waals surface area contributed by atoms with Crippen LogP contribution in [0.2, 0.25) is 0 Å². The Kier molecular flexibility index (Phi) is 5.83. The first kappa shape index (κ1) is 13.8. The zero-order valence-electron chi connectivity index (χ0n) is 10.4. The molecular formula is C13H22O2. The molecule has 1 N–H and O–H groups in total. The van der Waals surface area contributed by atoms with Crippen LogP contribution in [0.15, 0.2) is 24.3 Å². The van der Waals surface area contributed by atoms with E-state index >= 15 is 0 Å². The van der Waals surface area contributed by atoms with Gasteiger partial charge in [-0.15, -0.1) is 0 Å². The fourth-order valence-electron chi connectivity index (χ4n) is 0.905. The van der Waals surface area contributed by atoms with Crippen molar-refractivity contribution in [1.29, 1.82) is 0 Å². The summed E-state index contributed by atoms with van der Waals surface area (Å²) >= 11 is 0. The third kappa shape index (κ3) is 5.31. The molecule has 0 amide bonds. The average molecular weight is 210 g/mol. The molecule has 0 aliphatic heterocycles. The number of hydrogen-bond donors (Lipinski definition) is 1. The second-order valence-corrected chi connectivity index (χ2v) is 3.71. The van der Waals surface area contributed by atoms with E-state index in [0.29, 0.717) is 0 Å². The van der Waals surface area contributed by atoms with Gasteiger partial charge in [0.1, 0.15) is 17.1 Å². The molecule has 0 aliphatic carbocycles. The maximum absolute atomic E-state index is 9.06. The van der Waals surface area contributed by atoms with E-state index in [-0.39, 0.29) is 11.4 Å². The van der Waals surface area contributed by atoms with Gasteiger partial charge in [-0.1, -0.05) is 20.8 Å². The summed E-state index contributed by atoms with van der Waals surface area (Å²) in [4.78, 5) is 0. The molecule has 0 heterocycles. The molecule has 0 radical (unpaired) electrons. The molecule has 2 nitrogen and oxygen atoms in total. The van der Waals surface area contributed by atoms with Crippen LogP contribution in [-0.4, -0.2) is 10.7 Å². The molecule has 0 saturated carbocycles. The van der Waals surface area contributed by atoms with E-state index in [1.54, 1.807) is 24.3 Å². The molecule has 0 aliphatic rings. The Hall–Kier alpha value is -1.18. The Morgan fingerprint density at radius 2 is 1.60 bits per heavy atom. The van der Waals surface area contributed by atoms with Crippen LogP contribution in [0.3, 0.4) is 0 Å². The normalized spacial score (nSPS) is 10.2. The molecule has 86 valence electrons. The van der Waals surface area contributed by atoms with Gasteiger partial charge in [0.25, 0.3) is 0 Å². The third-order valence-electron chi connectivity index (χ3n) is 2.08. The van der Waals surface area contributed by atoms with Crippen LogP contribution in [0.1, 0.15) is 41.0 Å². The van der Waals surface area contributed by atoms with Gasteiger partial charge < -0.3 is 9.84 Å². The summed E-state index contributed by atoms with van der Waals surface area (Å²) in [6.45, 7) is 10.2. The lowest BCUT2D eigenvalue weighted by Gasteiger charge is -2.24. The Balaban J connectivity index is 0.000000921. The summed E-state index contributed by atoms with van der Waals surface area (Å²) in [5, 5.41) is 9.06. The van der Waals surface area contributed by atoms with Gasteiger partial charge in [0.05, 0.1) is 0 Å². The van der Waals surface area contributed by atoms with Gasteiger partial charge in [-0.3, -0.25) is 0 Å². The molecule has 1 aromatic carbocycles. The summed E-state index contributed by atoms with van der Waals surface area (Å²) in [7, 11) is 0. The number of phenolic OH excluding ortho intramolecular Hbond substituents is 1. The van der Waals surface area contributed by atoms with Crippen LogP contribution < -0.4 is 4.74 Å². The van der Waals surface area contributed by atoms with Crippen LogP contribution in [0, 0.1) is 0 Å². The van der Waals surface area contributed by atoms with E-state index < -0.39 is 0 Å². The minimum atomic E-state index is -0.142. The molecule has 2 heteroatoms. The molecule has 1 aromatic rings. The molecule has 1 rings (SSSR count). The van der Waals surface area contributed by atoms with E-state index in [4.69, 9.17) is 9.84 Å². The summed E-state index contributed by atoms with van der Waals surface area (Å²) < 4.78 is 5.69. The second-order valence-electron chi connectivity index (χ2n) is 3.71. The minimum Gasteiger partial charge on any atom is -0.508 e. The summed E-state index contributed by atoms with van der Waals surface area (Å²) in [5.41, 5.74) is -0.142. The van der Waals surface area contributed by atoms with E-state index in [0.717, 1.165) is 12.2 Å². The van der Waals surface area contributed by atoms with E-state index in [9.17, 15) is 0 Å². The number of ether oxygens (including phenoxy) is 1. The zero-order valence-corrected chi connectivity index (χ0v) is 10.4. The van der Waals surface area contributed by atoms with Crippen LogP contribution in [-0.2, 0) is 0 Å². The third-order valence-corrected chi connectivity index (χ3v) is 2.08. The minimum absolute atomic E-state index is 0.142. The topological polar surface area (TPSA) is 29.5 Å². The van der Waals surface area contributed by atoms with Gasteiger partial charge in [0.2, 0.25) is 0 Å². The van der Waals surface area contributed by atoms with Gasteiger partial charge in [0.15, 0.2) is 0 Å². The molecule has 0 bridgehead atoms. The Labute approximate surface area is 92.9 Å². The summed E-state index contributed by atoms with van der Waals surface area (Å²) in [5.74, 6) is 1.06. The Morgan fingerprint density at radius 1 is 1.13 bits per heavy atom. The van der Waals surface area contributed by atoms with Crippen molar-refractivity contribution in [1.82, 2.24) is 0 Å². The van der Waals surface area contributed by atoms with Crippen molar-refractivity contribution in [2.75, 3.05) is 0 Å². The first-order valence-electron chi connectivity index (χ1n) is 5.51. The van der Waals surface area contributed by atoms with Crippen LogP contribution >= 0.6 is 0 Å². The lowest BCUT2D eigenvalue weighted by molar-refractivity contribution is 0.105. The lowest BCUT2D eigenvalue weighted by atomic mass is 10.1. The molecule has 0 atom stereocenters. The van der Waals surface area contributed by atoms with Crippen LogP contribution in [0.5, 0.6) is 11.5 Å². The smallest absolute Gasteiger partial charge is 0.120 e. The Morgan fingerprint density at radius 3 is 2.00 bits per heavy atom. The molecule has 0 fully saturated rings. The first-order chi connectivity index (χ1) is 7.03. The molecule has 0 spiro atoms. The van der Waals surface area contributed by atoms with E-state index in [1.165, 1.54) is 0 Å². The first-order valence-corrected chi connectivity index (χ1v) is 5.51. The van der Waals surface area contributed by atoms with Crippen LogP contribution in [0.25, 0.3) is 0 Å². The van der Waals surface area contributed by atoms with E-state index in [1.807, 2.05) is 27.7 Å². The predicted octanol–water partition coefficient (Wildman–Crippen LogP) is 3.99. The molecule has 0 aromatic heterocycles. The molecule has 0 saturated heterocycles. The number of phenols is 1. The number of aromatic hydroxyl groups is 1. The van der Waals surface area contributed by atoms with Crippen molar-refractivity contribution in [3.05, 3.63) is 24.3 Å². The van der Waals surface area contributed by atoms with Gasteiger partial charge in [-0.25, -0.2) is 0 Å². The van der Waals surface area contributed by atoms with Gasteiger partial charge in [-0.2, -0.15) is 0 Å². The number of rotatable bonds is 3. The predicted molar refractivity (Wildman–Crippen MR) is 64.5 cm³/mol. The standard InChI is InChI=1S/C11H16O2.C2H6/c1-4-11(2,3)13-10-7-5-9(12)6-8-10;1-2/h5-8,12H,4H2,1-3H3;1-2H3. The van der Waals surface area contributed by atoms with Gasteiger partial charge in [0, 0.05) is 0 Å². The van der Waals surface area contributed by atoms with E-state index in [2.05, 4.69) is 6.92 Å². The van der Waals surface area contributed by atoms with Crippen molar-refractivity contribution in [3.63, 3.8) is 0 Å². The van der Waals surface area contributed by atoms with Gasteiger partial charge >= 0.3 is 0 Å². The highest BCUT2D eigenvalue weighted by Crippen LogP contribution is 2.22. The zero-order chi connectivity index (χ0) is 11.9. The highest BCUT2D eigenvalue weighted by Gasteiger charge is 2.16. The quantitative estimate of drug-likeness (QED) is 0.817. The maximum Gasteiger partial charge on any atom is 0.120 e. The molecule has 0 unspecified atom stereocenters. The van der Waals surface area contributed by atoms with Crippen molar-refractivity contribution >= 4 is 0 Å². The van der Waals surface area contributed by atoms with Crippen molar-refractivity contribution in [2.24, 2.45) is 0 Å². The van der Waals surface area contributed by atoms with Gasteiger partial charge in [-0.05, 0) is 44.5 Å². The molecule has 15 heavy (non-hydrogen) atoms. The fourth-order valence-corrected chi connectivity index (χ4v) is 0.905. The largest absolute Gasteiger partial charge is 0.508 e. The highest BCUT2D eigenvalue weighted by atomic mass is 16.5. The van der Waals surface area contributed by atoms with Crippen molar-refractivity contribution in [2.45, 2.75) is 46.6 Å². The summed E-state index contributed by atoms with van der Waals surface area (Å²) in [6, 6.07) is 6.79.